The van der Waals surface area contributed by atoms with Gasteiger partial charge in [0.05, 0.1) is 11.3 Å². The molecule has 0 atom stereocenters. The largest absolute Gasteiger partial charge is 0.508 e. The molecule has 4 rings (SSSR count). The SMILES string of the molecule is O=C(O)c1cccc(-c2cc(C(=O)N3CCN(c4ccc(O)cc4)CC3)ccn2)c1. The van der Waals surface area contributed by atoms with Crippen molar-refractivity contribution in [2.24, 2.45) is 0 Å². The number of hydrogen-bond acceptors (Lipinski definition) is 5. The average molecular weight is 403 g/mol. The number of anilines is 1. The number of aromatic carboxylic acids is 1. The van der Waals surface area contributed by atoms with Crippen LogP contribution < -0.4 is 4.90 Å². The average Bonchev–Trinajstić information content (AvgIpc) is 2.79. The molecule has 3 aromatic rings. The van der Waals surface area contributed by atoms with E-state index in [1.54, 1.807) is 48.7 Å². The molecule has 2 N–H and O–H groups in total. The number of phenols is 1. The van der Waals surface area contributed by atoms with E-state index in [9.17, 15) is 19.8 Å². The van der Waals surface area contributed by atoms with Crippen LogP contribution in [0.5, 0.6) is 5.75 Å². The summed E-state index contributed by atoms with van der Waals surface area (Å²) in [6.45, 7) is 2.59. The van der Waals surface area contributed by atoms with Crippen molar-refractivity contribution >= 4 is 17.6 Å². The highest BCUT2D eigenvalue weighted by molar-refractivity contribution is 5.95. The van der Waals surface area contributed by atoms with E-state index in [2.05, 4.69) is 9.88 Å². The Bertz CT molecular complexity index is 1070. The van der Waals surface area contributed by atoms with Gasteiger partial charge in [-0.1, -0.05) is 12.1 Å². The quantitative estimate of drug-likeness (QED) is 0.695. The highest BCUT2D eigenvalue weighted by Crippen LogP contribution is 2.22. The summed E-state index contributed by atoms with van der Waals surface area (Å²) in [5.41, 5.74) is 2.94. The van der Waals surface area contributed by atoms with Gasteiger partial charge >= 0.3 is 5.97 Å². The number of aromatic nitrogens is 1. The lowest BCUT2D eigenvalue weighted by molar-refractivity contribution is 0.0695. The Balaban J connectivity index is 1.47. The van der Waals surface area contributed by atoms with E-state index in [0.717, 1.165) is 5.69 Å². The summed E-state index contributed by atoms with van der Waals surface area (Å²) in [7, 11) is 0. The number of rotatable bonds is 4. The summed E-state index contributed by atoms with van der Waals surface area (Å²) in [5, 5.41) is 18.6. The molecule has 0 bridgehead atoms. The molecule has 2 heterocycles. The molecule has 2 aromatic carbocycles. The first kappa shape index (κ1) is 19.4. The molecule has 0 saturated carbocycles. The molecule has 30 heavy (non-hydrogen) atoms. The van der Waals surface area contributed by atoms with Gasteiger partial charge in [-0.05, 0) is 48.5 Å². The minimum absolute atomic E-state index is 0.0709. The summed E-state index contributed by atoms with van der Waals surface area (Å²) in [6, 6.07) is 16.9. The predicted octanol–water partition coefficient (Wildman–Crippen LogP) is 3.11. The zero-order valence-corrected chi connectivity index (χ0v) is 16.2. The van der Waals surface area contributed by atoms with Gasteiger partial charge in [0.1, 0.15) is 5.75 Å². The number of aromatic hydroxyl groups is 1. The summed E-state index contributed by atoms with van der Waals surface area (Å²) < 4.78 is 0. The van der Waals surface area contributed by atoms with Crippen molar-refractivity contribution < 1.29 is 19.8 Å². The summed E-state index contributed by atoms with van der Waals surface area (Å²) in [4.78, 5) is 32.5. The number of benzene rings is 2. The third-order valence-electron chi connectivity index (χ3n) is 5.19. The Morgan fingerprint density at radius 3 is 2.30 bits per heavy atom. The second kappa shape index (κ2) is 8.24. The fraction of sp³-hybridized carbons (Fsp3) is 0.174. The van der Waals surface area contributed by atoms with Gasteiger partial charge in [-0.2, -0.15) is 0 Å². The zero-order valence-electron chi connectivity index (χ0n) is 16.2. The zero-order chi connectivity index (χ0) is 21.1. The maximum Gasteiger partial charge on any atom is 0.335 e. The van der Waals surface area contributed by atoms with Crippen molar-refractivity contribution in [3.05, 3.63) is 78.0 Å². The maximum atomic E-state index is 13.0. The lowest BCUT2D eigenvalue weighted by Gasteiger charge is -2.36. The molecular formula is C23H21N3O4. The van der Waals surface area contributed by atoms with Crippen LogP contribution in [0.25, 0.3) is 11.3 Å². The first-order chi connectivity index (χ1) is 14.5. The number of nitrogens with zero attached hydrogens (tertiary/aromatic N) is 3. The minimum atomic E-state index is -1.00. The third-order valence-corrected chi connectivity index (χ3v) is 5.19. The van der Waals surface area contributed by atoms with Gasteiger partial charge in [0, 0.05) is 49.2 Å². The number of carbonyl (C=O) groups is 2. The molecule has 0 radical (unpaired) electrons. The van der Waals surface area contributed by atoms with Crippen LogP contribution in [0, 0.1) is 0 Å². The van der Waals surface area contributed by atoms with Gasteiger partial charge in [-0.3, -0.25) is 9.78 Å². The fourth-order valence-corrected chi connectivity index (χ4v) is 3.55. The Kier molecular flexibility index (Phi) is 5.34. The standard InChI is InChI=1S/C23H21N3O4/c27-20-6-4-19(5-7-20)25-10-12-26(13-11-25)22(28)17-8-9-24-21(15-17)16-2-1-3-18(14-16)23(29)30/h1-9,14-15,27H,10-13H2,(H,29,30). The van der Waals surface area contributed by atoms with E-state index in [-0.39, 0.29) is 17.2 Å². The van der Waals surface area contributed by atoms with Crippen LogP contribution >= 0.6 is 0 Å². The van der Waals surface area contributed by atoms with Crippen LogP contribution in [0.1, 0.15) is 20.7 Å². The molecule has 1 aromatic heterocycles. The van der Waals surface area contributed by atoms with Crippen LogP contribution in [-0.4, -0.2) is 58.2 Å². The first-order valence-electron chi connectivity index (χ1n) is 9.64. The van der Waals surface area contributed by atoms with Gasteiger partial charge in [0.2, 0.25) is 0 Å². The van der Waals surface area contributed by atoms with E-state index in [1.807, 2.05) is 17.0 Å². The number of pyridine rings is 1. The second-order valence-corrected chi connectivity index (χ2v) is 7.11. The van der Waals surface area contributed by atoms with E-state index >= 15 is 0 Å². The Hall–Kier alpha value is -3.87. The van der Waals surface area contributed by atoms with Crippen molar-refractivity contribution in [3.8, 4) is 17.0 Å². The summed E-state index contributed by atoms with van der Waals surface area (Å²) >= 11 is 0. The van der Waals surface area contributed by atoms with Crippen molar-refractivity contribution in [3.63, 3.8) is 0 Å². The van der Waals surface area contributed by atoms with E-state index in [1.165, 1.54) is 6.07 Å². The molecule has 7 nitrogen and oxygen atoms in total. The van der Waals surface area contributed by atoms with Crippen LogP contribution in [0.15, 0.2) is 66.9 Å². The van der Waals surface area contributed by atoms with Gasteiger partial charge in [0.25, 0.3) is 5.91 Å². The van der Waals surface area contributed by atoms with Gasteiger partial charge in [-0.15, -0.1) is 0 Å². The van der Waals surface area contributed by atoms with E-state index < -0.39 is 5.97 Å². The highest BCUT2D eigenvalue weighted by atomic mass is 16.4. The normalized spacial score (nSPS) is 13.9. The van der Waals surface area contributed by atoms with Crippen molar-refractivity contribution in [1.82, 2.24) is 9.88 Å². The monoisotopic (exact) mass is 403 g/mol. The molecule has 1 aliphatic heterocycles. The number of carboxylic acid groups (broad SMARTS) is 1. The molecule has 0 unspecified atom stereocenters. The molecule has 1 amide bonds. The van der Waals surface area contributed by atoms with Crippen LogP contribution in [-0.2, 0) is 0 Å². The van der Waals surface area contributed by atoms with Gasteiger partial charge < -0.3 is 20.0 Å². The third kappa shape index (κ3) is 4.10. The van der Waals surface area contributed by atoms with E-state index in [4.69, 9.17) is 0 Å². The number of carbonyl (C=O) groups excluding carboxylic acids is 1. The Labute approximate surface area is 173 Å². The van der Waals surface area contributed by atoms with Gasteiger partial charge in [0.15, 0.2) is 0 Å². The van der Waals surface area contributed by atoms with Crippen molar-refractivity contribution in [2.45, 2.75) is 0 Å². The molecule has 0 aliphatic carbocycles. The molecule has 152 valence electrons. The number of carboxylic acids is 1. The summed E-state index contributed by atoms with van der Waals surface area (Å²) in [6.07, 6.45) is 1.57. The Morgan fingerprint density at radius 2 is 1.60 bits per heavy atom. The fourth-order valence-electron chi connectivity index (χ4n) is 3.55. The number of phenolic OH excluding ortho intramolecular Hbond substituents is 1. The molecule has 0 spiro atoms. The van der Waals surface area contributed by atoms with Crippen molar-refractivity contribution in [1.29, 1.82) is 0 Å². The van der Waals surface area contributed by atoms with E-state index in [0.29, 0.717) is 43.0 Å². The Morgan fingerprint density at radius 1 is 0.867 bits per heavy atom. The van der Waals surface area contributed by atoms with Gasteiger partial charge in [-0.25, -0.2) is 4.79 Å². The number of amides is 1. The summed E-state index contributed by atoms with van der Waals surface area (Å²) in [5.74, 6) is -0.844. The smallest absolute Gasteiger partial charge is 0.335 e. The molecule has 7 heteroatoms. The molecule has 1 fully saturated rings. The van der Waals surface area contributed by atoms with Crippen LogP contribution in [0.4, 0.5) is 5.69 Å². The highest BCUT2D eigenvalue weighted by Gasteiger charge is 2.23. The molecule has 1 saturated heterocycles. The molecule has 1 aliphatic rings. The first-order valence-corrected chi connectivity index (χ1v) is 9.64. The van der Waals surface area contributed by atoms with Crippen LogP contribution in [0.3, 0.4) is 0 Å². The topological polar surface area (TPSA) is 94.0 Å². The van der Waals surface area contributed by atoms with Crippen molar-refractivity contribution in [2.75, 3.05) is 31.1 Å². The second-order valence-electron chi connectivity index (χ2n) is 7.11. The predicted molar refractivity (Wildman–Crippen MR) is 113 cm³/mol. The van der Waals surface area contributed by atoms with Crippen LogP contribution in [0.2, 0.25) is 0 Å². The minimum Gasteiger partial charge on any atom is -0.508 e. The lowest BCUT2D eigenvalue weighted by Crippen LogP contribution is -2.48. The number of hydrogen-bond donors (Lipinski definition) is 2. The lowest BCUT2D eigenvalue weighted by atomic mass is 10.1. The number of piperazine rings is 1. The maximum absolute atomic E-state index is 13.0. The molecular weight excluding hydrogens is 382 g/mol.